The number of ether oxygens (including phenoxy) is 3. The predicted octanol–water partition coefficient (Wildman–Crippen LogP) is 2.53. The van der Waals surface area contributed by atoms with Crippen LogP contribution in [0.25, 0.3) is 0 Å². The summed E-state index contributed by atoms with van der Waals surface area (Å²) in [5, 5.41) is 5.32. The highest BCUT2D eigenvalue weighted by molar-refractivity contribution is 5.81. The summed E-state index contributed by atoms with van der Waals surface area (Å²) in [5.41, 5.74) is 0. The van der Waals surface area contributed by atoms with Crippen molar-refractivity contribution in [3.05, 3.63) is 12.7 Å². The van der Waals surface area contributed by atoms with Gasteiger partial charge in [0.25, 0.3) is 0 Å². The average molecular weight is 358 g/mol. The molecule has 2 N–H and O–H groups in total. The molecule has 0 saturated heterocycles. The van der Waals surface area contributed by atoms with Gasteiger partial charge in [-0.3, -0.25) is 0 Å². The molecule has 0 rings (SSSR count). The maximum Gasteiger partial charge on any atom is 0.407 e. The third kappa shape index (κ3) is 15.0. The lowest BCUT2D eigenvalue weighted by Crippen LogP contribution is -2.28. The summed E-state index contributed by atoms with van der Waals surface area (Å²) in [6.07, 6.45) is 4.40. The van der Waals surface area contributed by atoms with Crippen LogP contribution in [0, 0.1) is 0 Å². The number of alkyl carbamates (subject to hydrolysis) is 2. The second kappa shape index (κ2) is 15.3. The van der Waals surface area contributed by atoms with Crippen LogP contribution in [-0.4, -0.2) is 50.6 Å². The zero-order chi connectivity index (χ0) is 18.9. The van der Waals surface area contributed by atoms with Crippen LogP contribution in [0.2, 0.25) is 0 Å². The first-order chi connectivity index (χ1) is 12.0. The highest BCUT2D eigenvalue weighted by Crippen LogP contribution is 1.99. The Morgan fingerprint density at radius 2 is 1.52 bits per heavy atom. The average Bonchev–Trinajstić information content (AvgIpc) is 2.60. The second-order valence-corrected chi connectivity index (χ2v) is 5.40. The van der Waals surface area contributed by atoms with Gasteiger partial charge in [-0.15, -0.1) is 0 Å². The van der Waals surface area contributed by atoms with Gasteiger partial charge in [0.2, 0.25) is 0 Å². The number of carbonyl (C=O) groups excluding carboxylic acids is 3. The van der Waals surface area contributed by atoms with E-state index in [1.165, 1.54) is 0 Å². The van der Waals surface area contributed by atoms with Crippen LogP contribution < -0.4 is 10.6 Å². The Bertz CT molecular complexity index is 414. The second-order valence-electron chi connectivity index (χ2n) is 5.40. The van der Waals surface area contributed by atoms with Crippen LogP contribution in [-0.2, 0) is 19.0 Å². The van der Waals surface area contributed by atoms with Crippen LogP contribution in [0.1, 0.15) is 46.0 Å². The first kappa shape index (κ1) is 22.8. The predicted molar refractivity (Wildman–Crippen MR) is 93.2 cm³/mol. The van der Waals surface area contributed by atoms with Crippen LogP contribution in [0.3, 0.4) is 0 Å². The van der Waals surface area contributed by atoms with Gasteiger partial charge in [-0.25, -0.2) is 14.4 Å². The van der Waals surface area contributed by atoms with Gasteiger partial charge in [0.05, 0.1) is 0 Å². The molecule has 1 atom stereocenters. The van der Waals surface area contributed by atoms with E-state index in [9.17, 15) is 14.4 Å². The summed E-state index contributed by atoms with van der Waals surface area (Å²) in [6, 6.07) is 0. The molecule has 1 unspecified atom stereocenters. The van der Waals surface area contributed by atoms with Gasteiger partial charge < -0.3 is 24.8 Å². The monoisotopic (exact) mass is 358 g/mol. The van der Waals surface area contributed by atoms with Crippen molar-refractivity contribution in [2.45, 2.75) is 52.1 Å². The van der Waals surface area contributed by atoms with Crippen molar-refractivity contribution in [3.8, 4) is 0 Å². The molecular formula is C17H30N2O6. The van der Waals surface area contributed by atoms with Crippen molar-refractivity contribution in [1.82, 2.24) is 10.6 Å². The van der Waals surface area contributed by atoms with Gasteiger partial charge in [-0.05, 0) is 26.2 Å². The van der Waals surface area contributed by atoms with Gasteiger partial charge in [-0.2, -0.15) is 0 Å². The van der Waals surface area contributed by atoms with Crippen molar-refractivity contribution in [3.63, 3.8) is 0 Å². The van der Waals surface area contributed by atoms with E-state index in [-0.39, 0.29) is 25.4 Å². The van der Waals surface area contributed by atoms with Crippen molar-refractivity contribution < 1.29 is 28.6 Å². The number of unbranched alkanes of at least 4 members (excludes halogenated alkanes) is 3. The lowest BCUT2D eigenvalue weighted by molar-refractivity contribution is -0.138. The number of rotatable bonds is 13. The topological polar surface area (TPSA) is 103 Å². The molecule has 0 heterocycles. The molecule has 0 bridgehead atoms. The summed E-state index contributed by atoms with van der Waals surface area (Å²) in [7, 11) is 0. The van der Waals surface area contributed by atoms with Crippen molar-refractivity contribution in [1.29, 1.82) is 0 Å². The molecule has 0 radical (unpaired) electrons. The third-order valence-corrected chi connectivity index (χ3v) is 3.25. The molecule has 0 aliphatic heterocycles. The van der Waals surface area contributed by atoms with E-state index < -0.39 is 12.1 Å². The zero-order valence-electron chi connectivity index (χ0n) is 15.2. The lowest BCUT2D eigenvalue weighted by atomic mass is 10.2. The molecule has 25 heavy (non-hydrogen) atoms. The molecule has 0 spiro atoms. The Hall–Kier alpha value is -2.25. The molecule has 8 heteroatoms. The molecule has 0 aromatic heterocycles. The van der Waals surface area contributed by atoms with Crippen LogP contribution in [0.4, 0.5) is 9.59 Å². The molecule has 8 nitrogen and oxygen atoms in total. The van der Waals surface area contributed by atoms with Crippen LogP contribution >= 0.6 is 0 Å². The highest BCUT2D eigenvalue weighted by atomic mass is 16.6. The molecule has 0 saturated carbocycles. The SMILES string of the molecule is C=CC(=O)OCCOC(=O)NCCCCCCNC(=O)OC(C)CC. The van der Waals surface area contributed by atoms with Crippen molar-refractivity contribution >= 4 is 18.2 Å². The van der Waals surface area contributed by atoms with E-state index in [0.29, 0.717) is 13.1 Å². The maximum atomic E-state index is 11.4. The zero-order valence-corrected chi connectivity index (χ0v) is 15.2. The minimum atomic E-state index is -0.549. The maximum absolute atomic E-state index is 11.4. The lowest BCUT2D eigenvalue weighted by Gasteiger charge is -2.11. The van der Waals surface area contributed by atoms with Crippen molar-refractivity contribution in [2.24, 2.45) is 0 Å². The molecular weight excluding hydrogens is 328 g/mol. The van der Waals surface area contributed by atoms with E-state index in [0.717, 1.165) is 38.2 Å². The Morgan fingerprint density at radius 1 is 0.960 bits per heavy atom. The summed E-state index contributed by atoms with van der Waals surface area (Å²) < 4.78 is 14.6. The van der Waals surface area contributed by atoms with E-state index >= 15 is 0 Å². The number of amides is 2. The van der Waals surface area contributed by atoms with Gasteiger partial charge in [0, 0.05) is 19.2 Å². The van der Waals surface area contributed by atoms with E-state index in [4.69, 9.17) is 9.47 Å². The quantitative estimate of drug-likeness (QED) is 0.227. The first-order valence-electron chi connectivity index (χ1n) is 8.63. The van der Waals surface area contributed by atoms with Gasteiger partial charge in [0.1, 0.15) is 19.3 Å². The molecule has 0 aliphatic carbocycles. The standard InChI is InChI=1S/C17H30N2O6/c1-4-14(3)25-17(22)19-11-9-7-6-8-10-18-16(21)24-13-12-23-15(20)5-2/h5,14H,2,4,6-13H2,1,3H3,(H,18,21)(H,19,22). The molecule has 144 valence electrons. The summed E-state index contributed by atoms with van der Waals surface area (Å²) >= 11 is 0. The highest BCUT2D eigenvalue weighted by Gasteiger charge is 2.06. The van der Waals surface area contributed by atoms with Gasteiger partial charge >= 0.3 is 18.2 Å². The van der Waals surface area contributed by atoms with Crippen LogP contribution in [0.5, 0.6) is 0 Å². The number of hydrogen-bond acceptors (Lipinski definition) is 6. The van der Waals surface area contributed by atoms with Gasteiger partial charge in [-0.1, -0.05) is 26.3 Å². The summed E-state index contributed by atoms with van der Waals surface area (Å²) in [6.45, 7) is 8.16. The fraction of sp³-hybridized carbons (Fsp3) is 0.706. The Balaban J connectivity index is 3.37. The molecule has 0 fully saturated rings. The van der Waals surface area contributed by atoms with Crippen molar-refractivity contribution in [2.75, 3.05) is 26.3 Å². The number of esters is 1. The smallest absolute Gasteiger partial charge is 0.407 e. The van der Waals surface area contributed by atoms with E-state index in [1.54, 1.807) is 0 Å². The third-order valence-electron chi connectivity index (χ3n) is 3.25. The molecule has 0 aliphatic rings. The number of nitrogens with one attached hydrogen (secondary N) is 2. The Labute approximate surface area is 149 Å². The Morgan fingerprint density at radius 3 is 2.08 bits per heavy atom. The normalized spacial score (nSPS) is 11.1. The van der Waals surface area contributed by atoms with Gasteiger partial charge in [0.15, 0.2) is 0 Å². The number of carbonyl (C=O) groups is 3. The summed E-state index contributed by atoms with van der Waals surface area (Å²) in [4.78, 5) is 33.4. The fourth-order valence-electron chi connectivity index (χ4n) is 1.68. The minimum Gasteiger partial charge on any atom is -0.459 e. The fourth-order valence-corrected chi connectivity index (χ4v) is 1.68. The van der Waals surface area contributed by atoms with Crippen LogP contribution in [0.15, 0.2) is 12.7 Å². The first-order valence-corrected chi connectivity index (χ1v) is 8.63. The van der Waals surface area contributed by atoms with E-state index in [1.807, 2.05) is 13.8 Å². The molecule has 0 aromatic carbocycles. The largest absolute Gasteiger partial charge is 0.459 e. The minimum absolute atomic E-state index is 0.00380. The Kier molecular flexibility index (Phi) is 13.9. The molecule has 2 amide bonds. The summed E-state index contributed by atoms with van der Waals surface area (Å²) in [5.74, 6) is -0.549. The molecule has 0 aromatic rings. The van der Waals surface area contributed by atoms with E-state index in [2.05, 4.69) is 21.9 Å². The number of hydrogen-bond donors (Lipinski definition) is 2.